The second kappa shape index (κ2) is 10.8. The zero-order chi connectivity index (χ0) is 21.4. The third-order valence-corrected chi connectivity index (χ3v) is 5.06. The van der Waals surface area contributed by atoms with Crippen molar-refractivity contribution >= 4 is 18.2 Å². The first-order valence-electron chi connectivity index (χ1n) is 10.4. The van der Waals surface area contributed by atoms with Crippen LogP contribution in [0.4, 0.5) is 0 Å². The van der Waals surface area contributed by atoms with Crippen molar-refractivity contribution in [2.75, 3.05) is 13.2 Å². The fraction of sp³-hybridized carbons (Fsp3) is 0.857. The van der Waals surface area contributed by atoms with Gasteiger partial charge in [0.15, 0.2) is 12.8 Å². The van der Waals surface area contributed by atoms with E-state index in [9.17, 15) is 14.8 Å². The molecule has 1 aliphatic rings. The topological polar surface area (TPSA) is 105 Å². The van der Waals surface area contributed by atoms with Crippen LogP contribution >= 0.6 is 0 Å². The number of hydroxylamine groups is 1. The number of esters is 2. The molecule has 0 aromatic rings. The average molecular weight is 399 g/mol. The average Bonchev–Trinajstić information content (AvgIpc) is 2.58. The van der Waals surface area contributed by atoms with Crippen molar-refractivity contribution in [1.82, 2.24) is 0 Å². The van der Waals surface area contributed by atoms with E-state index >= 15 is 0 Å². The Morgan fingerprint density at radius 1 is 1.25 bits per heavy atom. The highest BCUT2D eigenvalue weighted by Gasteiger charge is 2.45. The van der Waals surface area contributed by atoms with Crippen LogP contribution in [0.3, 0.4) is 0 Å². The number of nitrogens with two attached hydrogens (primary N) is 1. The van der Waals surface area contributed by atoms with E-state index in [1.807, 2.05) is 27.7 Å². The lowest BCUT2D eigenvalue weighted by Gasteiger charge is -2.38. The summed E-state index contributed by atoms with van der Waals surface area (Å²) in [5.74, 6) is -0.919. The van der Waals surface area contributed by atoms with Crippen molar-refractivity contribution in [3.63, 3.8) is 0 Å². The Morgan fingerprint density at radius 3 is 2.39 bits per heavy atom. The molecule has 162 valence electrons. The Balaban J connectivity index is 2.83. The smallest absolute Gasteiger partial charge is 0.327 e. The number of hydrogen-bond acceptors (Lipinski definition) is 6. The van der Waals surface area contributed by atoms with Gasteiger partial charge in [0.25, 0.3) is 0 Å². The van der Waals surface area contributed by atoms with Gasteiger partial charge >= 0.3 is 11.9 Å². The van der Waals surface area contributed by atoms with Gasteiger partial charge in [0.2, 0.25) is 0 Å². The van der Waals surface area contributed by atoms with Crippen LogP contribution in [0.15, 0.2) is 0 Å². The van der Waals surface area contributed by atoms with Crippen molar-refractivity contribution in [1.29, 1.82) is 0 Å². The predicted octanol–water partition coefficient (Wildman–Crippen LogP) is 3.17. The fourth-order valence-corrected chi connectivity index (χ4v) is 3.61. The van der Waals surface area contributed by atoms with Gasteiger partial charge in [0.05, 0.1) is 19.4 Å². The quantitative estimate of drug-likeness (QED) is 0.210. The van der Waals surface area contributed by atoms with Crippen molar-refractivity contribution in [3.05, 3.63) is 5.21 Å². The molecule has 2 unspecified atom stereocenters. The lowest BCUT2D eigenvalue weighted by molar-refractivity contribution is -0.462. The summed E-state index contributed by atoms with van der Waals surface area (Å²) in [4.78, 5) is 24.4. The monoisotopic (exact) mass is 398 g/mol. The lowest BCUT2D eigenvalue weighted by Crippen LogP contribution is -2.57. The van der Waals surface area contributed by atoms with Gasteiger partial charge in [-0.3, -0.25) is 9.59 Å². The molecule has 0 bridgehead atoms. The minimum Gasteiger partial charge on any atom is -0.624 e. The third-order valence-electron chi connectivity index (χ3n) is 5.06. The van der Waals surface area contributed by atoms with Crippen molar-refractivity contribution in [2.24, 2.45) is 17.6 Å². The SMILES string of the molecule is CCOC(=O)CC(C)C/[N+]([O-])=C/CC(N)(C(=O)OC(C)(C)C)C1CCCCC1. The fourth-order valence-electron chi connectivity index (χ4n) is 3.61. The molecule has 0 radical (unpaired) electrons. The van der Waals surface area contributed by atoms with Gasteiger partial charge in [-0.1, -0.05) is 26.2 Å². The molecule has 0 aromatic carbocycles. The highest BCUT2D eigenvalue weighted by Crippen LogP contribution is 2.34. The summed E-state index contributed by atoms with van der Waals surface area (Å²) >= 11 is 0. The van der Waals surface area contributed by atoms with E-state index in [-0.39, 0.29) is 37.2 Å². The van der Waals surface area contributed by atoms with Gasteiger partial charge in [-0.25, -0.2) is 4.74 Å². The second-order valence-corrected chi connectivity index (χ2v) is 8.98. The van der Waals surface area contributed by atoms with Gasteiger partial charge in [-0.15, -0.1) is 0 Å². The largest absolute Gasteiger partial charge is 0.624 e. The van der Waals surface area contributed by atoms with Crippen molar-refractivity contribution < 1.29 is 23.8 Å². The van der Waals surface area contributed by atoms with Gasteiger partial charge < -0.3 is 20.4 Å². The second-order valence-electron chi connectivity index (χ2n) is 8.98. The lowest BCUT2D eigenvalue weighted by atomic mass is 9.73. The number of carbonyl (C=O) groups excluding carboxylic acids is 2. The van der Waals surface area contributed by atoms with E-state index in [2.05, 4.69) is 0 Å². The first kappa shape index (κ1) is 24.4. The molecule has 28 heavy (non-hydrogen) atoms. The van der Waals surface area contributed by atoms with Gasteiger partial charge in [0, 0.05) is 5.92 Å². The van der Waals surface area contributed by atoms with Crippen LogP contribution in [0.25, 0.3) is 0 Å². The van der Waals surface area contributed by atoms with Crippen LogP contribution in [-0.2, 0) is 19.1 Å². The molecule has 0 aromatic heterocycles. The van der Waals surface area contributed by atoms with E-state index in [4.69, 9.17) is 15.2 Å². The van der Waals surface area contributed by atoms with Crippen LogP contribution < -0.4 is 5.73 Å². The minimum absolute atomic E-state index is 0.00212. The number of carbonyl (C=O) groups is 2. The Morgan fingerprint density at radius 2 is 1.86 bits per heavy atom. The molecule has 1 rings (SSSR count). The summed E-state index contributed by atoms with van der Waals surface area (Å²) < 4.78 is 11.3. The minimum atomic E-state index is -1.21. The molecule has 0 heterocycles. The number of ether oxygens (including phenoxy) is 2. The Hall–Kier alpha value is -1.63. The molecule has 1 fully saturated rings. The Kier molecular flexibility index (Phi) is 9.40. The highest BCUT2D eigenvalue weighted by molar-refractivity contribution is 5.84. The summed E-state index contributed by atoms with van der Waals surface area (Å²) in [5, 5.41) is 12.3. The van der Waals surface area contributed by atoms with Crippen molar-refractivity contribution in [3.8, 4) is 0 Å². The molecule has 7 nitrogen and oxygen atoms in total. The summed E-state index contributed by atoms with van der Waals surface area (Å²) in [6, 6.07) is 0. The molecule has 1 saturated carbocycles. The first-order chi connectivity index (χ1) is 13.0. The molecule has 7 heteroatoms. The molecule has 2 N–H and O–H groups in total. The highest BCUT2D eigenvalue weighted by atomic mass is 16.6. The molecule has 1 aliphatic carbocycles. The van der Waals surface area contributed by atoms with E-state index in [0.717, 1.165) is 36.8 Å². The number of rotatable bonds is 9. The van der Waals surface area contributed by atoms with Gasteiger partial charge in [0.1, 0.15) is 11.1 Å². The van der Waals surface area contributed by atoms with Gasteiger partial charge in [-0.2, -0.15) is 0 Å². The standard InChI is InChI=1S/C21H38N2O5/c1-6-27-18(24)14-16(2)15-23(26)13-12-21(22,17-10-8-7-9-11-17)19(25)28-20(3,4)5/h13,16-17H,6-12,14-15,22H2,1-5H3/b23-13-. The summed E-state index contributed by atoms with van der Waals surface area (Å²) in [6.07, 6.45) is 6.67. The Bertz CT molecular complexity index is 549. The zero-order valence-corrected chi connectivity index (χ0v) is 18.2. The van der Waals surface area contributed by atoms with Crippen LogP contribution in [0, 0.1) is 17.0 Å². The molecule has 0 saturated heterocycles. The summed E-state index contributed by atoms with van der Waals surface area (Å²) in [6.45, 7) is 9.48. The van der Waals surface area contributed by atoms with E-state index in [0.29, 0.717) is 6.61 Å². The first-order valence-corrected chi connectivity index (χ1v) is 10.4. The molecule has 2 atom stereocenters. The zero-order valence-electron chi connectivity index (χ0n) is 18.2. The van der Waals surface area contributed by atoms with Crippen LogP contribution in [0.1, 0.15) is 79.6 Å². The molecule has 0 amide bonds. The number of hydrogen-bond donors (Lipinski definition) is 1. The maximum atomic E-state index is 12.9. The maximum Gasteiger partial charge on any atom is 0.327 e. The van der Waals surface area contributed by atoms with E-state index in [1.54, 1.807) is 6.92 Å². The summed E-state index contributed by atoms with van der Waals surface area (Å²) in [7, 11) is 0. The van der Waals surface area contributed by atoms with E-state index in [1.165, 1.54) is 6.21 Å². The summed E-state index contributed by atoms with van der Waals surface area (Å²) in [5.41, 5.74) is 4.73. The molecular formula is C21H38N2O5. The molecule has 0 aliphatic heterocycles. The van der Waals surface area contributed by atoms with Crippen LogP contribution in [0.2, 0.25) is 0 Å². The van der Waals surface area contributed by atoms with Crippen LogP contribution in [0.5, 0.6) is 0 Å². The normalized spacial score (nSPS) is 19.6. The predicted molar refractivity (Wildman–Crippen MR) is 109 cm³/mol. The van der Waals surface area contributed by atoms with Crippen molar-refractivity contribution in [2.45, 2.75) is 90.7 Å². The van der Waals surface area contributed by atoms with Gasteiger partial charge in [-0.05, 0) is 46.5 Å². The van der Waals surface area contributed by atoms with E-state index < -0.39 is 17.1 Å². The number of nitrogens with zero attached hydrogens (tertiary/aromatic N) is 1. The molecular weight excluding hydrogens is 360 g/mol. The Labute approximate surface area is 169 Å². The molecule has 0 spiro atoms. The van der Waals surface area contributed by atoms with Crippen LogP contribution in [-0.4, -0.2) is 47.2 Å². The maximum absolute atomic E-state index is 12.9. The third kappa shape index (κ3) is 8.17.